The first-order valence-corrected chi connectivity index (χ1v) is 7.04. The predicted octanol–water partition coefficient (Wildman–Crippen LogP) is 5.54. The van der Waals surface area contributed by atoms with Crippen molar-refractivity contribution in [3.63, 3.8) is 0 Å². The Kier molecular flexibility index (Phi) is 7.46. The highest BCUT2D eigenvalue weighted by atomic mass is 14.0. The molecule has 1 aromatic carbocycles. The molecular formula is C17H26. The van der Waals surface area contributed by atoms with Crippen LogP contribution in [-0.4, -0.2) is 0 Å². The highest BCUT2D eigenvalue weighted by molar-refractivity contribution is 5.16. The third kappa shape index (κ3) is 6.31. The van der Waals surface area contributed by atoms with Crippen molar-refractivity contribution >= 4 is 0 Å². The largest absolute Gasteiger partial charge is 0.0884 e. The van der Waals surface area contributed by atoms with Crippen LogP contribution in [0.1, 0.15) is 57.9 Å². The molecule has 0 aliphatic rings. The summed E-state index contributed by atoms with van der Waals surface area (Å²) in [5.41, 5.74) is 3.09. The molecule has 0 aromatic heterocycles. The molecular weight excluding hydrogens is 204 g/mol. The lowest BCUT2D eigenvalue weighted by Crippen LogP contribution is -1.90. The summed E-state index contributed by atoms with van der Waals surface area (Å²) in [4.78, 5) is 0. The van der Waals surface area contributed by atoms with Gasteiger partial charge in [0.05, 0.1) is 0 Å². The maximum atomic E-state index is 2.31. The summed E-state index contributed by atoms with van der Waals surface area (Å²) in [6, 6.07) is 10.8. The summed E-state index contributed by atoms with van der Waals surface area (Å²) in [5.74, 6) is 0. The van der Waals surface area contributed by atoms with Crippen molar-refractivity contribution in [2.24, 2.45) is 0 Å². The molecule has 0 amide bonds. The van der Waals surface area contributed by atoms with Gasteiger partial charge in [-0.2, -0.15) is 0 Å². The second kappa shape index (κ2) is 9.04. The molecule has 0 N–H and O–H groups in total. The van der Waals surface area contributed by atoms with Gasteiger partial charge < -0.3 is 0 Å². The van der Waals surface area contributed by atoms with Crippen LogP contribution < -0.4 is 0 Å². The van der Waals surface area contributed by atoms with Crippen molar-refractivity contribution in [2.75, 3.05) is 0 Å². The van der Waals surface area contributed by atoms with Crippen LogP contribution in [0, 0.1) is 0 Å². The fourth-order valence-corrected chi connectivity index (χ4v) is 2.14. The summed E-state index contributed by atoms with van der Waals surface area (Å²) in [7, 11) is 0. The zero-order valence-electron chi connectivity index (χ0n) is 11.4. The SMILES string of the molecule is CC=C(CCCCCC)CCc1ccccc1. The molecule has 1 aromatic rings. The maximum Gasteiger partial charge on any atom is -0.0241 e. The Labute approximate surface area is 107 Å². The minimum Gasteiger partial charge on any atom is -0.0884 e. The number of unbranched alkanes of at least 4 members (excludes halogenated alkanes) is 3. The fraction of sp³-hybridized carbons (Fsp3) is 0.529. The van der Waals surface area contributed by atoms with E-state index in [1.54, 1.807) is 5.57 Å². The van der Waals surface area contributed by atoms with Gasteiger partial charge in [-0.05, 0) is 38.2 Å². The standard InChI is InChI=1S/C17H26/c1-3-5-6-8-11-16(4-2)14-15-17-12-9-7-10-13-17/h4,7,9-10,12-13H,3,5-6,8,11,14-15H2,1-2H3. The number of rotatable bonds is 8. The second-order valence-corrected chi connectivity index (χ2v) is 4.74. The van der Waals surface area contributed by atoms with E-state index in [0.717, 1.165) is 0 Å². The van der Waals surface area contributed by atoms with Crippen LogP contribution in [0.2, 0.25) is 0 Å². The van der Waals surface area contributed by atoms with E-state index in [2.05, 4.69) is 50.3 Å². The maximum absolute atomic E-state index is 2.31. The molecule has 0 fully saturated rings. The lowest BCUT2D eigenvalue weighted by molar-refractivity contribution is 0.653. The van der Waals surface area contributed by atoms with Crippen molar-refractivity contribution in [3.8, 4) is 0 Å². The smallest absolute Gasteiger partial charge is 0.0241 e. The van der Waals surface area contributed by atoms with E-state index >= 15 is 0 Å². The molecule has 0 heteroatoms. The summed E-state index contributed by atoms with van der Waals surface area (Å²) in [6.07, 6.45) is 11.5. The van der Waals surface area contributed by atoms with Crippen LogP contribution in [0.4, 0.5) is 0 Å². The van der Waals surface area contributed by atoms with Crippen LogP contribution in [-0.2, 0) is 6.42 Å². The van der Waals surface area contributed by atoms with Gasteiger partial charge in [-0.1, -0.05) is 68.2 Å². The number of hydrogen-bond donors (Lipinski definition) is 0. The van der Waals surface area contributed by atoms with Gasteiger partial charge in [0.2, 0.25) is 0 Å². The number of benzene rings is 1. The Morgan fingerprint density at radius 1 is 1.00 bits per heavy atom. The average Bonchev–Trinajstić information content (AvgIpc) is 2.39. The van der Waals surface area contributed by atoms with Gasteiger partial charge in [0.1, 0.15) is 0 Å². The molecule has 0 saturated carbocycles. The van der Waals surface area contributed by atoms with E-state index in [1.807, 2.05) is 0 Å². The summed E-state index contributed by atoms with van der Waals surface area (Å²) in [6.45, 7) is 4.45. The quantitative estimate of drug-likeness (QED) is 0.406. The topological polar surface area (TPSA) is 0 Å². The summed E-state index contributed by atoms with van der Waals surface area (Å²) in [5, 5.41) is 0. The molecule has 1 rings (SSSR count). The lowest BCUT2D eigenvalue weighted by atomic mass is 9.99. The van der Waals surface area contributed by atoms with Gasteiger partial charge in [-0.3, -0.25) is 0 Å². The summed E-state index contributed by atoms with van der Waals surface area (Å²) >= 11 is 0. The molecule has 0 atom stereocenters. The van der Waals surface area contributed by atoms with Crippen molar-refractivity contribution in [2.45, 2.75) is 58.8 Å². The highest BCUT2D eigenvalue weighted by Gasteiger charge is 1.98. The molecule has 0 bridgehead atoms. The molecule has 0 saturated heterocycles. The number of hydrogen-bond acceptors (Lipinski definition) is 0. The predicted molar refractivity (Wildman–Crippen MR) is 77.3 cm³/mol. The van der Waals surface area contributed by atoms with Gasteiger partial charge in [0.25, 0.3) is 0 Å². The van der Waals surface area contributed by atoms with Gasteiger partial charge >= 0.3 is 0 Å². The van der Waals surface area contributed by atoms with Gasteiger partial charge in [-0.15, -0.1) is 0 Å². The minimum absolute atomic E-state index is 1.19. The molecule has 17 heavy (non-hydrogen) atoms. The Hall–Kier alpha value is -1.04. The first-order chi connectivity index (χ1) is 8.36. The molecule has 0 nitrogen and oxygen atoms in total. The number of aryl methyl sites for hydroxylation is 1. The Bertz CT molecular complexity index is 308. The second-order valence-electron chi connectivity index (χ2n) is 4.74. The van der Waals surface area contributed by atoms with E-state index in [0.29, 0.717) is 0 Å². The Morgan fingerprint density at radius 2 is 1.76 bits per heavy atom. The minimum atomic E-state index is 1.19. The molecule has 0 spiro atoms. The van der Waals surface area contributed by atoms with E-state index in [-0.39, 0.29) is 0 Å². The van der Waals surface area contributed by atoms with Crippen LogP contribution in [0.5, 0.6) is 0 Å². The van der Waals surface area contributed by atoms with Crippen molar-refractivity contribution in [1.82, 2.24) is 0 Å². The normalized spacial score (nSPS) is 11.8. The Morgan fingerprint density at radius 3 is 2.41 bits per heavy atom. The van der Waals surface area contributed by atoms with Gasteiger partial charge in [-0.25, -0.2) is 0 Å². The zero-order chi connectivity index (χ0) is 12.3. The van der Waals surface area contributed by atoms with E-state index in [9.17, 15) is 0 Å². The van der Waals surface area contributed by atoms with Crippen LogP contribution in [0.15, 0.2) is 42.0 Å². The molecule has 0 heterocycles. The monoisotopic (exact) mass is 230 g/mol. The number of allylic oxidation sites excluding steroid dienone is 2. The first kappa shape index (κ1) is 14.0. The molecule has 0 aliphatic heterocycles. The average molecular weight is 230 g/mol. The van der Waals surface area contributed by atoms with Gasteiger partial charge in [0.15, 0.2) is 0 Å². The third-order valence-corrected chi connectivity index (χ3v) is 3.34. The molecule has 0 unspecified atom stereocenters. The molecule has 94 valence electrons. The Balaban J connectivity index is 2.24. The summed E-state index contributed by atoms with van der Waals surface area (Å²) < 4.78 is 0. The van der Waals surface area contributed by atoms with E-state index in [4.69, 9.17) is 0 Å². The van der Waals surface area contributed by atoms with E-state index < -0.39 is 0 Å². The van der Waals surface area contributed by atoms with E-state index in [1.165, 1.54) is 50.5 Å². The van der Waals surface area contributed by atoms with Crippen LogP contribution in [0.3, 0.4) is 0 Å². The van der Waals surface area contributed by atoms with Crippen molar-refractivity contribution < 1.29 is 0 Å². The fourth-order valence-electron chi connectivity index (χ4n) is 2.14. The zero-order valence-corrected chi connectivity index (χ0v) is 11.4. The highest BCUT2D eigenvalue weighted by Crippen LogP contribution is 2.16. The van der Waals surface area contributed by atoms with Crippen molar-refractivity contribution in [1.29, 1.82) is 0 Å². The lowest BCUT2D eigenvalue weighted by Gasteiger charge is -2.07. The first-order valence-electron chi connectivity index (χ1n) is 7.04. The third-order valence-electron chi connectivity index (χ3n) is 3.34. The van der Waals surface area contributed by atoms with Crippen LogP contribution in [0.25, 0.3) is 0 Å². The molecule has 0 aliphatic carbocycles. The molecule has 0 radical (unpaired) electrons. The van der Waals surface area contributed by atoms with Gasteiger partial charge in [0, 0.05) is 0 Å². The van der Waals surface area contributed by atoms with Crippen LogP contribution >= 0.6 is 0 Å². The van der Waals surface area contributed by atoms with Crippen molar-refractivity contribution in [3.05, 3.63) is 47.5 Å².